The van der Waals surface area contributed by atoms with E-state index in [1.165, 1.54) is 6.92 Å². The zero-order chi connectivity index (χ0) is 10.7. The molecule has 0 radical (unpaired) electrons. The maximum atomic E-state index is 11.0. The normalized spacial score (nSPS) is 33.3. The van der Waals surface area contributed by atoms with Crippen molar-refractivity contribution in [3.8, 4) is 0 Å². The Hall–Kier alpha value is -1.31. The molecule has 3 atom stereocenters. The van der Waals surface area contributed by atoms with Crippen LogP contribution in [0.4, 0.5) is 0 Å². The number of rotatable bonds is 1. The topological polar surface area (TPSA) is 26.3 Å². The molecule has 2 rings (SSSR count). The van der Waals surface area contributed by atoms with Gasteiger partial charge in [-0.15, -0.1) is 0 Å². The molecule has 0 unspecified atom stereocenters. The first kappa shape index (κ1) is 10.2. The molecular formula is C13H16O2. The fraction of sp³-hybridized carbons (Fsp3) is 0.462. The van der Waals surface area contributed by atoms with Gasteiger partial charge in [-0.3, -0.25) is 4.79 Å². The van der Waals surface area contributed by atoms with E-state index in [9.17, 15) is 4.79 Å². The predicted octanol–water partition coefficient (Wildman–Crippen LogP) is 2.63. The molecule has 0 aromatic carbocycles. The summed E-state index contributed by atoms with van der Waals surface area (Å²) in [7, 11) is 0. The minimum Gasteiger partial charge on any atom is -0.458 e. The van der Waals surface area contributed by atoms with Crippen LogP contribution in [0.15, 0.2) is 36.5 Å². The molecule has 0 fully saturated rings. The molecule has 0 N–H and O–H groups in total. The van der Waals surface area contributed by atoms with Crippen LogP contribution in [0.1, 0.15) is 19.8 Å². The maximum Gasteiger partial charge on any atom is 0.303 e. The highest BCUT2D eigenvalue weighted by molar-refractivity contribution is 5.66. The molecule has 0 amide bonds. The average molecular weight is 204 g/mol. The second kappa shape index (κ2) is 4.47. The van der Waals surface area contributed by atoms with E-state index in [0.717, 1.165) is 12.8 Å². The molecule has 2 bridgehead atoms. The number of esters is 1. The van der Waals surface area contributed by atoms with E-state index >= 15 is 0 Å². The van der Waals surface area contributed by atoms with Crippen molar-refractivity contribution in [1.29, 1.82) is 0 Å². The van der Waals surface area contributed by atoms with E-state index < -0.39 is 0 Å². The molecule has 2 aliphatic carbocycles. The van der Waals surface area contributed by atoms with E-state index in [-0.39, 0.29) is 12.1 Å². The number of carbonyl (C=O) groups excluding carboxylic acids is 1. The highest BCUT2D eigenvalue weighted by Gasteiger charge is 2.25. The summed E-state index contributed by atoms with van der Waals surface area (Å²) in [6.45, 7) is 1.47. The van der Waals surface area contributed by atoms with Gasteiger partial charge in [0.2, 0.25) is 0 Å². The highest BCUT2D eigenvalue weighted by atomic mass is 16.5. The fourth-order valence-corrected chi connectivity index (χ4v) is 2.20. The first-order chi connectivity index (χ1) is 7.25. The molecule has 2 aliphatic rings. The second-order valence-electron chi connectivity index (χ2n) is 4.17. The lowest BCUT2D eigenvalue weighted by Crippen LogP contribution is -2.22. The minimum atomic E-state index is -0.200. The van der Waals surface area contributed by atoms with E-state index in [1.54, 1.807) is 0 Å². The lowest BCUT2D eigenvalue weighted by Gasteiger charge is -2.21. The first-order valence-corrected chi connectivity index (χ1v) is 5.44. The summed E-state index contributed by atoms with van der Waals surface area (Å²) in [5, 5.41) is 0. The van der Waals surface area contributed by atoms with Crippen molar-refractivity contribution in [3.05, 3.63) is 36.5 Å². The molecule has 0 aromatic rings. The zero-order valence-corrected chi connectivity index (χ0v) is 8.93. The van der Waals surface area contributed by atoms with Gasteiger partial charge >= 0.3 is 5.97 Å². The largest absolute Gasteiger partial charge is 0.458 e. The van der Waals surface area contributed by atoms with Gasteiger partial charge in [-0.05, 0) is 24.8 Å². The van der Waals surface area contributed by atoms with Gasteiger partial charge in [0.25, 0.3) is 0 Å². The van der Waals surface area contributed by atoms with E-state index in [2.05, 4.69) is 30.4 Å². The number of hydrogen-bond donors (Lipinski definition) is 0. The summed E-state index contributed by atoms with van der Waals surface area (Å²) < 4.78 is 5.31. The third kappa shape index (κ3) is 2.58. The standard InChI is InChI=1S/C13H16O2/c1-10(14)15-13-8-4-6-11-5-2-3-7-12(13)9-11/h2-5,7-8,11-13H,6,9H2,1H3/t11-,12-,13+/m0/s1. The van der Waals surface area contributed by atoms with Gasteiger partial charge in [0.15, 0.2) is 0 Å². The second-order valence-corrected chi connectivity index (χ2v) is 4.17. The Kier molecular flexibility index (Phi) is 3.05. The van der Waals surface area contributed by atoms with Crippen molar-refractivity contribution in [2.24, 2.45) is 11.8 Å². The quantitative estimate of drug-likeness (QED) is 0.485. The predicted molar refractivity (Wildman–Crippen MR) is 59.2 cm³/mol. The molecular weight excluding hydrogens is 188 g/mol. The molecule has 0 heterocycles. The Morgan fingerprint density at radius 3 is 2.87 bits per heavy atom. The lowest BCUT2D eigenvalue weighted by atomic mass is 9.92. The van der Waals surface area contributed by atoms with Gasteiger partial charge < -0.3 is 4.74 Å². The van der Waals surface area contributed by atoms with Crippen LogP contribution >= 0.6 is 0 Å². The van der Waals surface area contributed by atoms with Crippen LogP contribution in [0, 0.1) is 11.8 Å². The maximum absolute atomic E-state index is 11.0. The summed E-state index contributed by atoms with van der Waals surface area (Å²) >= 11 is 0. The SMILES string of the molecule is CC(=O)O[C@@H]1C=CC[C@@H]2C=CC=C[C@H]1C2. The molecule has 0 aromatic heterocycles. The summed E-state index contributed by atoms with van der Waals surface area (Å²) in [5.74, 6) is 0.711. The Bertz CT molecular complexity index is 325. The average Bonchev–Trinajstić information content (AvgIpc) is 2.50. The monoisotopic (exact) mass is 204 g/mol. The molecule has 0 aliphatic heterocycles. The smallest absolute Gasteiger partial charge is 0.303 e. The van der Waals surface area contributed by atoms with Crippen molar-refractivity contribution in [2.75, 3.05) is 0 Å². The van der Waals surface area contributed by atoms with Crippen LogP contribution in [-0.2, 0) is 9.53 Å². The van der Waals surface area contributed by atoms with Crippen molar-refractivity contribution in [3.63, 3.8) is 0 Å². The Morgan fingerprint density at radius 1 is 1.27 bits per heavy atom. The molecule has 2 nitrogen and oxygen atoms in total. The van der Waals surface area contributed by atoms with Crippen LogP contribution in [0.3, 0.4) is 0 Å². The van der Waals surface area contributed by atoms with Crippen LogP contribution in [0.25, 0.3) is 0 Å². The fourth-order valence-electron chi connectivity index (χ4n) is 2.20. The van der Waals surface area contributed by atoms with Gasteiger partial charge in [-0.2, -0.15) is 0 Å². The number of ether oxygens (including phenoxy) is 1. The van der Waals surface area contributed by atoms with Crippen molar-refractivity contribution < 1.29 is 9.53 Å². The summed E-state index contributed by atoms with van der Waals surface area (Å²) in [4.78, 5) is 11.0. The van der Waals surface area contributed by atoms with E-state index in [1.807, 2.05) is 6.08 Å². The van der Waals surface area contributed by atoms with Crippen molar-refractivity contribution in [1.82, 2.24) is 0 Å². The number of carbonyl (C=O) groups is 1. The lowest BCUT2D eigenvalue weighted by molar-refractivity contribution is -0.145. The molecule has 0 saturated carbocycles. The van der Waals surface area contributed by atoms with E-state index in [0.29, 0.717) is 11.8 Å². The third-order valence-electron chi connectivity index (χ3n) is 2.92. The van der Waals surface area contributed by atoms with Crippen LogP contribution in [0.2, 0.25) is 0 Å². The van der Waals surface area contributed by atoms with Crippen LogP contribution < -0.4 is 0 Å². The first-order valence-electron chi connectivity index (χ1n) is 5.44. The third-order valence-corrected chi connectivity index (χ3v) is 2.92. The van der Waals surface area contributed by atoms with Gasteiger partial charge in [0.1, 0.15) is 6.10 Å². The Labute approximate surface area is 90.3 Å². The van der Waals surface area contributed by atoms with Gasteiger partial charge in [-0.1, -0.05) is 30.4 Å². The molecule has 0 saturated heterocycles. The van der Waals surface area contributed by atoms with Crippen LogP contribution in [0.5, 0.6) is 0 Å². The number of hydrogen-bond acceptors (Lipinski definition) is 2. The summed E-state index contributed by atoms with van der Waals surface area (Å²) in [5.41, 5.74) is 0. The number of fused-ring (bicyclic) bond motifs is 2. The number of allylic oxidation sites excluding steroid dienone is 4. The molecule has 0 spiro atoms. The molecule has 2 heteroatoms. The Morgan fingerprint density at radius 2 is 2.07 bits per heavy atom. The Balaban J connectivity index is 2.15. The minimum absolute atomic E-state index is 0.0800. The zero-order valence-electron chi connectivity index (χ0n) is 8.93. The van der Waals surface area contributed by atoms with Gasteiger partial charge in [-0.25, -0.2) is 0 Å². The van der Waals surface area contributed by atoms with Crippen LogP contribution in [-0.4, -0.2) is 12.1 Å². The summed E-state index contributed by atoms with van der Waals surface area (Å²) in [6, 6.07) is 0. The molecule has 80 valence electrons. The van der Waals surface area contributed by atoms with Crippen molar-refractivity contribution >= 4 is 5.97 Å². The van der Waals surface area contributed by atoms with E-state index in [4.69, 9.17) is 4.74 Å². The highest BCUT2D eigenvalue weighted by Crippen LogP contribution is 2.29. The van der Waals surface area contributed by atoms with Gasteiger partial charge in [0, 0.05) is 12.8 Å². The van der Waals surface area contributed by atoms with Crippen molar-refractivity contribution in [2.45, 2.75) is 25.9 Å². The molecule has 15 heavy (non-hydrogen) atoms. The van der Waals surface area contributed by atoms with Gasteiger partial charge in [0.05, 0.1) is 0 Å². The summed E-state index contributed by atoms with van der Waals surface area (Å²) in [6.07, 6.45) is 14.7.